The van der Waals surface area contributed by atoms with Gasteiger partial charge in [-0.3, -0.25) is 19.2 Å². The highest BCUT2D eigenvalue weighted by atomic mass is 16.5. The van der Waals surface area contributed by atoms with Gasteiger partial charge in [-0.05, 0) is 37.1 Å². The van der Waals surface area contributed by atoms with Gasteiger partial charge in [0.25, 0.3) is 0 Å². The highest BCUT2D eigenvalue weighted by Crippen LogP contribution is 2.67. The average Bonchev–Trinajstić information content (AvgIpc) is 3.56. The van der Waals surface area contributed by atoms with Crippen LogP contribution in [0, 0.1) is 5.41 Å². The Hall–Kier alpha value is -4.68. The molecule has 0 unspecified atom stereocenters. The molecule has 0 amide bonds. The molecule has 1 fully saturated rings. The number of fused-ring (bicyclic) bond motifs is 2. The van der Waals surface area contributed by atoms with Gasteiger partial charge in [-0.1, -0.05) is 91.0 Å². The fourth-order valence-corrected chi connectivity index (χ4v) is 7.42. The largest absolute Gasteiger partial charge is 0.372 e. The van der Waals surface area contributed by atoms with E-state index in [0.29, 0.717) is 11.1 Å². The van der Waals surface area contributed by atoms with E-state index in [1.807, 2.05) is 30.3 Å². The molecular weight excluding hydrogens is 526 g/mol. The van der Waals surface area contributed by atoms with Crippen molar-refractivity contribution in [2.75, 3.05) is 18.0 Å². The van der Waals surface area contributed by atoms with Crippen LogP contribution in [-0.2, 0) is 4.74 Å². The summed E-state index contributed by atoms with van der Waals surface area (Å²) in [7, 11) is 0. The van der Waals surface area contributed by atoms with Gasteiger partial charge >= 0.3 is 0 Å². The average molecular weight is 556 g/mol. The van der Waals surface area contributed by atoms with Crippen molar-refractivity contribution in [1.29, 1.82) is 0 Å². The maximum Gasteiger partial charge on any atom is 0.204 e. The van der Waals surface area contributed by atoms with E-state index in [4.69, 9.17) is 4.74 Å². The van der Waals surface area contributed by atoms with Crippen molar-refractivity contribution in [3.63, 3.8) is 0 Å². The number of rotatable bonds is 5. The molecule has 2 aliphatic carbocycles. The first-order chi connectivity index (χ1) is 20.4. The lowest BCUT2D eigenvalue weighted by atomic mass is 9.60. The third-order valence-electron chi connectivity index (χ3n) is 9.30. The van der Waals surface area contributed by atoms with Gasteiger partial charge in [-0.25, -0.2) is 0 Å². The number of carbonyl (C=O) groups excluding carboxylic acids is 4. The number of hydrogen-bond donors (Lipinski definition) is 0. The molecule has 1 saturated heterocycles. The monoisotopic (exact) mass is 555 g/mol. The number of ether oxygens (including phenoxy) is 1. The van der Waals surface area contributed by atoms with Crippen LogP contribution in [0.25, 0.3) is 0 Å². The number of ketones is 4. The molecule has 42 heavy (non-hydrogen) atoms. The van der Waals surface area contributed by atoms with Crippen molar-refractivity contribution >= 4 is 28.8 Å². The summed E-state index contributed by atoms with van der Waals surface area (Å²) in [4.78, 5) is 60.7. The molecule has 4 aromatic carbocycles. The Labute approximate surface area is 243 Å². The van der Waals surface area contributed by atoms with Gasteiger partial charge in [-0.2, -0.15) is 0 Å². The molecule has 0 saturated carbocycles. The Bertz CT molecular complexity index is 1700. The van der Waals surface area contributed by atoms with Crippen LogP contribution in [0.3, 0.4) is 0 Å². The van der Waals surface area contributed by atoms with Crippen LogP contribution in [0.1, 0.15) is 78.4 Å². The lowest BCUT2D eigenvalue weighted by Gasteiger charge is -2.35. The summed E-state index contributed by atoms with van der Waals surface area (Å²) < 4.78 is 6.75. The molecule has 0 N–H and O–H groups in total. The van der Waals surface area contributed by atoms with Gasteiger partial charge < -0.3 is 9.64 Å². The number of nitrogens with zero attached hydrogens (tertiary/aromatic N) is 1. The lowest BCUT2D eigenvalue weighted by Crippen LogP contribution is -2.51. The maximum atomic E-state index is 14.8. The topological polar surface area (TPSA) is 80.8 Å². The molecular formula is C36H29NO5. The summed E-state index contributed by atoms with van der Waals surface area (Å²) in [5, 5.41) is 0. The Morgan fingerprint density at radius 1 is 0.571 bits per heavy atom. The number of benzene rings is 4. The minimum Gasteiger partial charge on any atom is -0.372 e. The molecule has 6 nitrogen and oxygen atoms in total. The third-order valence-corrected chi connectivity index (χ3v) is 9.30. The van der Waals surface area contributed by atoms with Gasteiger partial charge in [0.1, 0.15) is 11.5 Å². The fourth-order valence-electron chi connectivity index (χ4n) is 7.42. The Morgan fingerprint density at radius 2 is 1.02 bits per heavy atom. The molecule has 1 aliphatic heterocycles. The highest BCUT2D eigenvalue weighted by Gasteiger charge is 2.79. The zero-order valence-electron chi connectivity index (χ0n) is 23.4. The quantitative estimate of drug-likeness (QED) is 0.270. The van der Waals surface area contributed by atoms with Crippen LogP contribution in [0.5, 0.6) is 0 Å². The Morgan fingerprint density at radius 3 is 1.50 bits per heavy atom. The molecule has 0 aromatic heterocycles. The molecule has 2 spiro atoms. The van der Waals surface area contributed by atoms with Crippen LogP contribution in [0.4, 0.5) is 5.69 Å². The van der Waals surface area contributed by atoms with Crippen molar-refractivity contribution in [2.45, 2.75) is 31.5 Å². The highest BCUT2D eigenvalue weighted by molar-refractivity contribution is 6.37. The first-order valence-electron chi connectivity index (χ1n) is 14.4. The molecule has 0 radical (unpaired) electrons. The van der Waals surface area contributed by atoms with E-state index < -0.39 is 46.2 Å². The third kappa shape index (κ3) is 3.18. The fraction of sp³-hybridized carbons (Fsp3) is 0.222. The summed E-state index contributed by atoms with van der Waals surface area (Å²) in [6.45, 7) is 5.73. The summed E-state index contributed by atoms with van der Waals surface area (Å²) in [6, 6.07) is 29.9. The summed E-state index contributed by atoms with van der Waals surface area (Å²) in [6.07, 6.45) is -1.17. The molecule has 6 heteroatoms. The van der Waals surface area contributed by atoms with Crippen molar-refractivity contribution in [2.24, 2.45) is 5.41 Å². The second kappa shape index (κ2) is 9.43. The molecule has 4 aromatic rings. The van der Waals surface area contributed by atoms with Crippen molar-refractivity contribution < 1.29 is 23.9 Å². The number of anilines is 1. The summed E-state index contributed by atoms with van der Waals surface area (Å²) in [5.74, 6) is -3.09. The lowest BCUT2D eigenvalue weighted by molar-refractivity contribution is -0.0210. The first kappa shape index (κ1) is 26.2. The van der Waals surface area contributed by atoms with E-state index in [0.717, 1.165) is 18.8 Å². The van der Waals surface area contributed by atoms with Crippen LogP contribution < -0.4 is 4.90 Å². The summed E-state index contributed by atoms with van der Waals surface area (Å²) >= 11 is 0. The van der Waals surface area contributed by atoms with Crippen LogP contribution in [0.2, 0.25) is 0 Å². The molecule has 7 rings (SSSR count). The standard InChI is InChI=1S/C36H29NO5/c1-3-37(4-2)24-20-18-22(19-21-24)29-35(30(38)25-14-8-9-15-26(25)31(35)39)34(23-12-6-5-7-13-23)42-36(29)32(40)27-16-10-11-17-28(27)33(36)41/h5-21,29,34H,3-4H2,1-2H3/t29-,34+/m1/s1. The predicted octanol–water partition coefficient (Wildman–Crippen LogP) is 6.27. The van der Waals surface area contributed by atoms with Crippen molar-refractivity contribution in [3.8, 4) is 0 Å². The second-order valence-electron chi connectivity index (χ2n) is 11.1. The summed E-state index contributed by atoms with van der Waals surface area (Å²) in [5.41, 5.74) is -0.848. The van der Waals surface area contributed by atoms with Gasteiger partial charge in [0.2, 0.25) is 17.2 Å². The van der Waals surface area contributed by atoms with Crippen LogP contribution >= 0.6 is 0 Å². The number of Topliss-reactive ketones (excluding diaryl/α,β-unsaturated/α-hetero) is 4. The maximum absolute atomic E-state index is 14.8. The van der Waals surface area contributed by atoms with Crippen molar-refractivity contribution in [1.82, 2.24) is 0 Å². The van der Waals surface area contributed by atoms with Gasteiger partial charge in [0, 0.05) is 41.0 Å². The molecule has 208 valence electrons. The second-order valence-corrected chi connectivity index (χ2v) is 11.1. The zero-order chi connectivity index (χ0) is 29.2. The Balaban J connectivity index is 1.54. The van der Waals surface area contributed by atoms with E-state index in [-0.39, 0.29) is 22.3 Å². The van der Waals surface area contributed by atoms with E-state index in [9.17, 15) is 19.2 Å². The van der Waals surface area contributed by atoms with E-state index >= 15 is 0 Å². The first-order valence-corrected chi connectivity index (χ1v) is 14.4. The SMILES string of the molecule is CCN(CC)c1ccc([C@H]2C3(O[C@@H](c4ccccc4)C24C(=O)c2ccccc2C4=O)C(=O)c2ccccc2C3=O)cc1. The van der Waals surface area contributed by atoms with Crippen LogP contribution in [0.15, 0.2) is 103 Å². The zero-order valence-corrected chi connectivity index (χ0v) is 23.4. The van der Waals surface area contributed by atoms with E-state index in [1.165, 1.54) is 0 Å². The van der Waals surface area contributed by atoms with Crippen LogP contribution in [-0.4, -0.2) is 41.8 Å². The number of hydrogen-bond acceptors (Lipinski definition) is 6. The predicted molar refractivity (Wildman–Crippen MR) is 158 cm³/mol. The molecule has 2 atom stereocenters. The Kier molecular flexibility index (Phi) is 5.89. The smallest absolute Gasteiger partial charge is 0.204 e. The minimum atomic E-state index is -2.09. The molecule has 3 aliphatic rings. The van der Waals surface area contributed by atoms with E-state index in [1.54, 1.807) is 72.8 Å². The normalized spacial score (nSPS) is 21.3. The minimum absolute atomic E-state index is 0.242. The molecule has 1 heterocycles. The van der Waals surface area contributed by atoms with Gasteiger partial charge in [0.05, 0.1) is 5.92 Å². The molecule has 0 bridgehead atoms. The van der Waals surface area contributed by atoms with Gasteiger partial charge in [0.15, 0.2) is 11.6 Å². The van der Waals surface area contributed by atoms with Gasteiger partial charge in [-0.15, -0.1) is 0 Å². The number of carbonyl (C=O) groups is 4. The van der Waals surface area contributed by atoms with E-state index in [2.05, 4.69) is 18.7 Å². The van der Waals surface area contributed by atoms with Crippen molar-refractivity contribution in [3.05, 3.63) is 137 Å².